The van der Waals surface area contributed by atoms with Gasteiger partial charge in [0.2, 0.25) is 0 Å². The smallest absolute Gasteiger partial charge is 0.395 e. The number of β-amino-alcohol motifs (C(OH)–C–C–N with tert-alkyl or cyclic N) is 1. The maximum atomic E-state index is 13.5. The normalized spacial score (nSPS) is 15.5. The molecular weight excluding hydrogens is 574 g/mol. The maximum absolute atomic E-state index is 13.5. The molecule has 7 nitrogen and oxygen atoms in total. The molecule has 0 saturated carbocycles. The van der Waals surface area contributed by atoms with Gasteiger partial charge in [0, 0.05) is 42.4 Å². The Hall–Kier alpha value is -3.41. The number of halogens is 6. The Kier molecular flexibility index (Phi) is 9.10. The highest BCUT2D eigenvalue weighted by atomic mass is 32.2. The summed E-state index contributed by atoms with van der Waals surface area (Å²) < 4.78 is 103. The van der Waals surface area contributed by atoms with E-state index in [4.69, 9.17) is 5.11 Å². The van der Waals surface area contributed by atoms with Gasteiger partial charge in [-0.1, -0.05) is 12.0 Å². The van der Waals surface area contributed by atoms with Crippen LogP contribution in [0.15, 0.2) is 53.4 Å². The zero-order chi connectivity index (χ0) is 29.8. The van der Waals surface area contributed by atoms with Crippen LogP contribution < -0.4 is 10.6 Å². The summed E-state index contributed by atoms with van der Waals surface area (Å²) in [5.41, 5.74) is -3.94. The van der Waals surface area contributed by atoms with E-state index in [9.17, 15) is 34.8 Å². The molecule has 3 aromatic rings. The van der Waals surface area contributed by atoms with Gasteiger partial charge in [0.15, 0.2) is 0 Å². The van der Waals surface area contributed by atoms with E-state index in [1.54, 1.807) is 18.2 Å². The van der Waals surface area contributed by atoms with Gasteiger partial charge in [-0.3, -0.25) is 0 Å². The first-order valence-corrected chi connectivity index (χ1v) is 14.2. The fourth-order valence-corrected chi connectivity index (χ4v) is 5.45. The predicted octanol–water partition coefficient (Wildman–Crippen LogP) is 4.83. The topological polar surface area (TPSA) is 86.6 Å². The highest BCUT2D eigenvalue weighted by molar-refractivity contribution is 7.92. The van der Waals surface area contributed by atoms with E-state index in [-0.39, 0.29) is 30.6 Å². The van der Waals surface area contributed by atoms with Crippen molar-refractivity contribution >= 4 is 32.1 Å². The number of nitrogens with zero attached hydrogens (tertiary/aromatic N) is 2. The maximum Gasteiger partial charge on any atom is 0.501 e. The van der Waals surface area contributed by atoms with Gasteiger partial charge in [0.1, 0.15) is 6.54 Å². The molecule has 2 aromatic carbocycles. The van der Waals surface area contributed by atoms with Gasteiger partial charge in [-0.05, 0) is 61.2 Å². The van der Waals surface area contributed by atoms with E-state index < -0.39 is 33.0 Å². The summed E-state index contributed by atoms with van der Waals surface area (Å²) >= 11 is 0. The highest BCUT2D eigenvalue weighted by Gasteiger charge is 2.46. The number of hydrogen-bond acceptors (Lipinski definition) is 6. The molecule has 14 heteroatoms. The summed E-state index contributed by atoms with van der Waals surface area (Å²) in [4.78, 5) is 1.25. The Balaban J connectivity index is 1.51. The molecular formula is C27H28F6N4O3S. The van der Waals surface area contributed by atoms with Gasteiger partial charge in [-0.2, -0.15) is 26.3 Å². The van der Waals surface area contributed by atoms with Gasteiger partial charge in [0.25, 0.3) is 9.84 Å². The van der Waals surface area contributed by atoms with Crippen molar-refractivity contribution < 1.29 is 39.9 Å². The SMILES string of the molecule is O=S(=O)(c1ccc(NCC#Cc2cc3c(NC4CCN(CCO)CC4)cccc3n2CC(F)(F)F)cc1)C(F)(F)F. The van der Waals surface area contributed by atoms with E-state index in [1.807, 2.05) is 6.07 Å². The average Bonchev–Trinajstić information content (AvgIpc) is 3.24. The number of fused-ring (bicyclic) bond motifs is 1. The van der Waals surface area contributed by atoms with Crippen molar-refractivity contribution in [1.29, 1.82) is 0 Å². The van der Waals surface area contributed by atoms with Crippen LogP contribution in [0.3, 0.4) is 0 Å². The summed E-state index contributed by atoms with van der Waals surface area (Å²) in [6.45, 7) is 0.983. The fraction of sp³-hybridized carbons (Fsp3) is 0.407. The van der Waals surface area contributed by atoms with Crippen LogP contribution in [0.25, 0.3) is 10.9 Å². The van der Waals surface area contributed by atoms with Crippen LogP contribution in [0.2, 0.25) is 0 Å². The molecule has 41 heavy (non-hydrogen) atoms. The monoisotopic (exact) mass is 602 g/mol. The van der Waals surface area contributed by atoms with Crippen LogP contribution in [-0.2, 0) is 16.4 Å². The Morgan fingerprint density at radius 2 is 1.68 bits per heavy atom. The lowest BCUT2D eigenvalue weighted by Crippen LogP contribution is -2.40. The van der Waals surface area contributed by atoms with Crippen molar-refractivity contribution in [2.45, 2.75) is 42.0 Å². The number of piperidine rings is 1. The number of aromatic nitrogens is 1. The zero-order valence-corrected chi connectivity index (χ0v) is 22.5. The minimum Gasteiger partial charge on any atom is -0.395 e. The minimum absolute atomic E-state index is 0.0591. The molecule has 0 unspecified atom stereocenters. The number of sulfone groups is 1. The molecule has 1 aromatic heterocycles. The molecule has 1 aliphatic rings. The number of aliphatic hydroxyl groups is 1. The zero-order valence-electron chi connectivity index (χ0n) is 21.7. The van der Waals surface area contributed by atoms with Gasteiger partial charge in [-0.25, -0.2) is 8.42 Å². The van der Waals surface area contributed by atoms with Crippen molar-refractivity contribution in [3.05, 3.63) is 54.2 Å². The van der Waals surface area contributed by atoms with Crippen molar-refractivity contribution in [2.24, 2.45) is 0 Å². The Morgan fingerprint density at radius 1 is 1.00 bits per heavy atom. The minimum atomic E-state index is -5.47. The summed E-state index contributed by atoms with van der Waals surface area (Å²) in [5.74, 6) is 5.48. The second kappa shape index (κ2) is 12.2. The lowest BCUT2D eigenvalue weighted by atomic mass is 10.0. The van der Waals surface area contributed by atoms with E-state index in [0.29, 0.717) is 23.1 Å². The number of aliphatic hydroxyl groups excluding tert-OH is 1. The number of benzene rings is 2. The molecule has 4 rings (SSSR count). The third kappa shape index (κ3) is 7.46. The first-order valence-electron chi connectivity index (χ1n) is 12.7. The van der Waals surface area contributed by atoms with Crippen LogP contribution in [0.1, 0.15) is 18.5 Å². The van der Waals surface area contributed by atoms with Crippen molar-refractivity contribution in [3.8, 4) is 11.8 Å². The van der Waals surface area contributed by atoms with Crippen LogP contribution in [-0.4, -0.2) is 73.5 Å². The van der Waals surface area contributed by atoms with Crippen LogP contribution in [0.5, 0.6) is 0 Å². The molecule has 222 valence electrons. The molecule has 0 atom stereocenters. The first kappa shape index (κ1) is 30.5. The van der Waals surface area contributed by atoms with Crippen molar-refractivity contribution in [2.75, 3.05) is 43.4 Å². The Morgan fingerprint density at radius 3 is 2.29 bits per heavy atom. The van der Waals surface area contributed by atoms with E-state index in [2.05, 4.69) is 27.4 Å². The summed E-state index contributed by atoms with van der Waals surface area (Å²) in [5, 5.41) is 16.0. The second-order valence-corrected chi connectivity index (χ2v) is 11.5. The van der Waals surface area contributed by atoms with E-state index >= 15 is 0 Å². The molecule has 3 N–H and O–H groups in total. The average molecular weight is 603 g/mol. The second-order valence-electron chi connectivity index (χ2n) is 9.58. The number of hydrogen-bond donors (Lipinski definition) is 3. The van der Waals surface area contributed by atoms with Gasteiger partial charge >= 0.3 is 11.7 Å². The predicted molar refractivity (Wildman–Crippen MR) is 143 cm³/mol. The lowest BCUT2D eigenvalue weighted by molar-refractivity contribution is -0.140. The number of alkyl halides is 6. The van der Waals surface area contributed by atoms with Crippen LogP contribution in [0, 0.1) is 11.8 Å². The highest BCUT2D eigenvalue weighted by Crippen LogP contribution is 2.32. The fourth-order valence-electron chi connectivity index (χ4n) is 4.69. The summed E-state index contributed by atoms with van der Waals surface area (Å²) in [7, 11) is -5.47. The standard InChI is InChI=1S/C27H28F6N4O3S/c28-26(29,30)18-37-21(3-2-12-34-19-6-8-22(9-7-19)41(39,40)27(31,32)33)17-23-24(4-1-5-25(23)37)35-20-10-13-36(14-11-20)15-16-38/h1,4-9,17,20,34-35,38H,10-16,18H2. The molecule has 0 radical (unpaired) electrons. The molecule has 0 amide bonds. The van der Waals surface area contributed by atoms with E-state index in [1.165, 1.54) is 0 Å². The number of nitrogens with one attached hydrogen (secondary N) is 2. The third-order valence-corrected chi connectivity index (χ3v) is 8.22. The Bertz CT molecular complexity index is 1520. The number of likely N-dealkylation sites (tertiary alicyclic amines) is 1. The Labute approximate surface area is 233 Å². The number of anilines is 2. The third-order valence-electron chi connectivity index (χ3n) is 6.71. The van der Waals surface area contributed by atoms with Crippen LogP contribution in [0.4, 0.5) is 37.7 Å². The molecule has 2 heterocycles. The van der Waals surface area contributed by atoms with Crippen molar-refractivity contribution in [3.63, 3.8) is 0 Å². The number of rotatable bonds is 8. The molecule has 0 aliphatic carbocycles. The lowest BCUT2D eigenvalue weighted by Gasteiger charge is -2.32. The molecule has 1 saturated heterocycles. The largest absolute Gasteiger partial charge is 0.501 e. The summed E-state index contributed by atoms with van der Waals surface area (Å²) in [6.07, 6.45) is -2.86. The quantitative estimate of drug-likeness (QED) is 0.253. The van der Waals surface area contributed by atoms with Gasteiger partial charge < -0.3 is 25.2 Å². The molecule has 1 aliphatic heterocycles. The van der Waals surface area contributed by atoms with Crippen LogP contribution >= 0.6 is 0 Å². The molecule has 0 spiro atoms. The summed E-state index contributed by atoms with van der Waals surface area (Å²) in [6, 6.07) is 10.7. The van der Waals surface area contributed by atoms with Crippen molar-refractivity contribution in [1.82, 2.24) is 9.47 Å². The van der Waals surface area contributed by atoms with Gasteiger partial charge in [0.05, 0.1) is 29.3 Å². The molecule has 0 bridgehead atoms. The van der Waals surface area contributed by atoms with Gasteiger partial charge in [-0.15, -0.1) is 0 Å². The first-order chi connectivity index (χ1) is 19.3. The molecule has 1 fully saturated rings. The van der Waals surface area contributed by atoms with E-state index in [0.717, 1.165) is 54.8 Å².